The second-order valence-corrected chi connectivity index (χ2v) is 4.94. The highest BCUT2D eigenvalue weighted by Gasteiger charge is 2.23. The molecule has 0 radical (unpaired) electrons. The van der Waals surface area contributed by atoms with E-state index in [1.807, 2.05) is 0 Å². The van der Waals surface area contributed by atoms with Crippen molar-refractivity contribution >= 4 is 17.4 Å². The lowest BCUT2D eigenvalue weighted by Crippen LogP contribution is -2.25. The summed E-state index contributed by atoms with van der Waals surface area (Å²) < 4.78 is 5.84. The van der Waals surface area contributed by atoms with Gasteiger partial charge < -0.3 is 10.5 Å². The van der Waals surface area contributed by atoms with E-state index in [1.165, 1.54) is 25.6 Å². The van der Waals surface area contributed by atoms with Crippen LogP contribution in [0.4, 0.5) is 5.82 Å². The third-order valence-electron chi connectivity index (χ3n) is 3.37. The summed E-state index contributed by atoms with van der Waals surface area (Å²) in [5, 5.41) is 0.325. The minimum Gasteiger partial charge on any atom is -0.473 e. The first-order valence-electron chi connectivity index (χ1n) is 6.13. The molecule has 1 saturated carbocycles. The molecule has 0 aromatic carbocycles. The summed E-state index contributed by atoms with van der Waals surface area (Å²) in [6.45, 7) is 2.22. The second kappa shape index (κ2) is 5.54. The first-order valence-corrected chi connectivity index (χ1v) is 6.51. The zero-order valence-corrected chi connectivity index (χ0v) is 10.8. The quantitative estimate of drug-likeness (QED) is 0.902. The normalized spacial score (nSPS) is 24.6. The van der Waals surface area contributed by atoms with Gasteiger partial charge in [-0.15, -0.1) is 0 Å². The smallest absolute Gasteiger partial charge is 0.238 e. The molecule has 5 heteroatoms. The van der Waals surface area contributed by atoms with Gasteiger partial charge in [-0.05, 0) is 25.2 Å². The van der Waals surface area contributed by atoms with Crippen LogP contribution in [0, 0.1) is 5.92 Å². The molecule has 2 N–H and O–H groups in total. The van der Waals surface area contributed by atoms with Gasteiger partial charge in [0.15, 0.2) is 0 Å². The van der Waals surface area contributed by atoms with Crippen molar-refractivity contribution in [1.29, 1.82) is 0 Å². The Kier molecular flexibility index (Phi) is 4.05. The highest BCUT2D eigenvalue weighted by atomic mass is 35.5. The van der Waals surface area contributed by atoms with Gasteiger partial charge in [0.1, 0.15) is 23.3 Å². The molecule has 0 bridgehead atoms. The van der Waals surface area contributed by atoms with Gasteiger partial charge in [0.25, 0.3) is 0 Å². The molecule has 1 aliphatic rings. The molecule has 94 valence electrons. The number of ether oxygens (including phenoxy) is 1. The van der Waals surface area contributed by atoms with E-state index < -0.39 is 0 Å². The fourth-order valence-electron chi connectivity index (χ4n) is 2.33. The molecule has 2 rings (SSSR count). The van der Waals surface area contributed by atoms with E-state index in [0.717, 1.165) is 18.8 Å². The molecule has 2 atom stereocenters. The minimum absolute atomic E-state index is 0.209. The Labute approximate surface area is 107 Å². The summed E-state index contributed by atoms with van der Waals surface area (Å²) >= 11 is 6.01. The van der Waals surface area contributed by atoms with Gasteiger partial charge in [-0.25, -0.2) is 9.97 Å². The SMILES string of the molecule is CCC1CCCC(Oc2ncnc(N)c2Cl)C1. The zero-order chi connectivity index (χ0) is 12.3. The van der Waals surface area contributed by atoms with E-state index in [4.69, 9.17) is 22.1 Å². The Morgan fingerprint density at radius 1 is 1.47 bits per heavy atom. The lowest BCUT2D eigenvalue weighted by molar-refractivity contribution is 0.117. The second-order valence-electron chi connectivity index (χ2n) is 4.56. The fourth-order valence-corrected chi connectivity index (χ4v) is 2.47. The van der Waals surface area contributed by atoms with Crippen molar-refractivity contribution in [2.45, 2.75) is 45.1 Å². The lowest BCUT2D eigenvalue weighted by atomic mass is 9.85. The van der Waals surface area contributed by atoms with Gasteiger partial charge >= 0.3 is 0 Å². The highest BCUT2D eigenvalue weighted by molar-refractivity contribution is 6.33. The number of hydrogen-bond donors (Lipinski definition) is 1. The molecule has 4 nitrogen and oxygen atoms in total. The Hall–Kier alpha value is -1.03. The summed E-state index contributed by atoms with van der Waals surface area (Å²) in [4.78, 5) is 7.86. The first kappa shape index (κ1) is 12.4. The van der Waals surface area contributed by atoms with Crippen LogP contribution in [-0.2, 0) is 0 Å². The number of nitrogen functional groups attached to an aromatic ring is 1. The highest BCUT2D eigenvalue weighted by Crippen LogP contribution is 2.32. The Balaban J connectivity index is 2.02. The molecule has 1 heterocycles. The molecule has 1 aromatic heterocycles. The lowest BCUT2D eigenvalue weighted by Gasteiger charge is -2.28. The first-order chi connectivity index (χ1) is 8.20. The number of nitrogens with zero attached hydrogens (tertiary/aromatic N) is 2. The van der Waals surface area contributed by atoms with Crippen LogP contribution in [0.15, 0.2) is 6.33 Å². The Bertz CT molecular complexity index is 386. The Morgan fingerprint density at radius 3 is 3.06 bits per heavy atom. The molecule has 17 heavy (non-hydrogen) atoms. The number of rotatable bonds is 3. The van der Waals surface area contributed by atoms with Gasteiger partial charge in [0, 0.05) is 0 Å². The van der Waals surface area contributed by atoms with E-state index in [-0.39, 0.29) is 11.9 Å². The van der Waals surface area contributed by atoms with Crippen LogP contribution < -0.4 is 10.5 Å². The number of hydrogen-bond acceptors (Lipinski definition) is 4. The molecular formula is C12H18ClN3O. The average Bonchev–Trinajstić information content (AvgIpc) is 2.35. The van der Waals surface area contributed by atoms with Crippen molar-refractivity contribution in [3.8, 4) is 5.88 Å². The van der Waals surface area contributed by atoms with E-state index in [0.29, 0.717) is 10.9 Å². The maximum atomic E-state index is 6.01. The molecule has 0 spiro atoms. The van der Waals surface area contributed by atoms with Crippen molar-refractivity contribution in [1.82, 2.24) is 9.97 Å². The summed E-state index contributed by atoms with van der Waals surface area (Å²) in [5.74, 6) is 1.45. The standard InChI is InChI=1S/C12H18ClN3O/c1-2-8-4-3-5-9(6-8)17-12-10(13)11(14)15-7-16-12/h7-9H,2-6H2,1H3,(H2,14,15,16). The summed E-state index contributed by atoms with van der Waals surface area (Å²) in [6, 6.07) is 0. The van der Waals surface area contributed by atoms with E-state index in [1.54, 1.807) is 0 Å². The van der Waals surface area contributed by atoms with Crippen LogP contribution in [0.25, 0.3) is 0 Å². The van der Waals surface area contributed by atoms with Crippen molar-refractivity contribution in [3.05, 3.63) is 11.3 Å². The van der Waals surface area contributed by atoms with Gasteiger partial charge in [0.2, 0.25) is 5.88 Å². The van der Waals surface area contributed by atoms with Crippen LogP contribution >= 0.6 is 11.6 Å². The number of nitrogens with two attached hydrogens (primary N) is 1. The van der Waals surface area contributed by atoms with Crippen LogP contribution in [0.3, 0.4) is 0 Å². The molecule has 0 amide bonds. The number of anilines is 1. The molecule has 1 aromatic rings. The molecular weight excluding hydrogens is 238 g/mol. The third-order valence-corrected chi connectivity index (χ3v) is 3.73. The third kappa shape index (κ3) is 3.00. The van der Waals surface area contributed by atoms with Crippen molar-refractivity contribution < 1.29 is 4.74 Å². The molecule has 0 aliphatic heterocycles. The molecule has 1 fully saturated rings. The molecule has 2 unspecified atom stereocenters. The van der Waals surface area contributed by atoms with Gasteiger partial charge in [-0.2, -0.15) is 0 Å². The monoisotopic (exact) mass is 255 g/mol. The van der Waals surface area contributed by atoms with Crippen LogP contribution in [0.2, 0.25) is 5.02 Å². The minimum atomic E-state index is 0.209. The summed E-state index contributed by atoms with van der Waals surface area (Å²) in [6.07, 6.45) is 7.46. The maximum absolute atomic E-state index is 6.01. The summed E-state index contributed by atoms with van der Waals surface area (Å²) in [7, 11) is 0. The topological polar surface area (TPSA) is 61.0 Å². The van der Waals surface area contributed by atoms with Gasteiger partial charge in [0.05, 0.1) is 0 Å². The average molecular weight is 256 g/mol. The predicted molar refractivity (Wildman–Crippen MR) is 68.1 cm³/mol. The fraction of sp³-hybridized carbons (Fsp3) is 0.667. The largest absolute Gasteiger partial charge is 0.473 e. The van der Waals surface area contributed by atoms with Crippen molar-refractivity contribution in [2.24, 2.45) is 5.92 Å². The van der Waals surface area contributed by atoms with Crippen LogP contribution in [-0.4, -0.2) is 16.1 Å². The van der Waals surface area contributed by atoms with Crippen LogP contribution in [0.1, 0.15) is 39.0 Å². The van der Waals surface area contributed by atoms with Crippen molar-refractivity contribution in [2.75, 3.05) is 5.73 Å². The van der Waals surface area contributed by atoms with Gasteiger partial charge in [-0.3, -0.25) is 0 Å². The van der Waals surface area contributed by atoms with E-state index in [2.05, 4.69) is 16.9 Å². The van der Waals surface area contributed by atoms with E-state index >= 15 is 0 Å². The van der Waals surface area contributed by atoms with Crippen LogP contribution in [0.5, 0.6) is 5.88 Å². The predicted octanol–water partition coefficient (Wildman–Crippen LogP) is 3.06. The van der Waals surface area contributed by atoms with Crippen molar-refractivity contribution in [3.63, 3.8) is 0 Å². The van der Waals surface area contributed by atoms with E-state index in [9.17, 15) is 0 Å². The van der Waals surface area contributed by atoms with Gasteiger partial charge in [-0.1, -0.05) is 31.4 Å². The summed E-state index contributed by atoms with van der Waals surface area (Å²) in [5.41, 5.74) is 5.62. The molecule has 1 aliphatic carbocycles. The maximum Gasteiger partial charge on any atom is 0.238 e. The number of aromatic nitrogens is 2. The zero-order valence-electron chi connectivity index (χ0n) is 10.0. The molecule has 0 saturated heterocycles. The number of halogens is 1. The Morgan fingerprint density at radius 2 is 2.29 bits per heavy atom.